The summed E-state index contributed by atoms with van der Waals surface area (Å²) >= 11 is 0. The van der Waals surface area contributed by atoms with Crippen LogP contribution in [0.25, 0.3) is 0 Å². The number of amides is 2. The molecular weight excluding hydrogens is 350 g/mol. The lowest BCUT2D eigenvalue weighted by atomic mass is 10.0. The average molecular weight is 373 g/mol. The van der Waals surface area contributed by atoms with E-state index in [1.54, 1.807) is 30.5 Å². The molecule has 0 spiro atoms. The van der Waals surface area contributed by atoms with Gasteiger partial charge in [0.15, 0.2) is 0 Å². The van der Waals surface area contributed by atoms with Crippen molar-refractivity contribution in [3.63, 3.8) is 0 Å². The number of hydrogen-bond donors (Lipinski definition) is 2. The Hall–Kier alpha value is -3.47. The summed E-state index contributed by atoms with van der Waals surface area (Å²) < 4.78 is 0. The molecule has 2 amide bonds. The van der Waals surface area contributed by atoms with Gasteiger partial charge >= 0.3 is 0 Å². The predicted molar refractivity (Wildman–Crippen MR) is 109 cm³/mol. The van der Waals surface area contributed by atoms with Crippen molar-refractivity contribution in [1.29, 1.82) is 0 Å². The molecule has 1 aromatic heterocycles. The minimum Gasteiger partial charge on any atom is -0.354 e. The second kappa shape index (κ2) is 10.0. The summed E-state index contributed by atoms with van der Waals surface area (Å²) in [6, 6.07) is 23.6. The van der Waals surface area contributed by atoms with E-state index < -0.39 is 6.04 Å². The van der Waals surface area contributed by atoms with Crippen molar-refractivity contribution in [2.24, 2.45) is 0 Å². The highest BCUT2D eigenvalue weighted by Gasteiger charge is 2.21. The number of aromatic nitrogens is 1. The largest absolute Gasteiger partial charge is 0.354 e. The van der Waals surface area contributed by atoms with Crippen LogP contribution in [-0.4, -0.2) is 29.4 Å². The van der Waals surface area contributed by atoms with Crippen molar-refractivity contribution < 1.29 is 9.59 Å². The molecule has 28 heavy (non-hydrogen) atoms. The zero-order valence-electron chi connectivity index (χ0n) is 15.5. The SMILES string of the molecule is O=C(NC(Cc1ccccc1)C(=O)NCCc1ccccn1)c1ccccc1. The molecule has 1 unspecified atom stereocenters. The minimum atomic E-state index is -0.654. The highest BCUT2D eigenvalue weighted by atomic mass is 16.2. The van der Waals surface area contributed by atoms with Gasteiger partial charge in [0, 0.05) is 36.8 Å². The average Bonchev–Trinajstić information content (AvgIpc) is 2.75. The fraction of sp³-hybridized carbons (Fsp3) is 0.174. The fourth-order valence-electron chi connectivity index (χ4n) is 2.87. The second-order valence-corrected chi connectivity index (χ2v) is 6.44. The number of hydrogen-bond acceptors (Lipinski definition) is 3. The monoisotopic (exact) mass is 373 g/mol. The molecule has 0 aliphatic carbocycles. The lowest BCUT2D eigenvalue weighted by Gasteiger charge is -2.19. The van der Waals surface area contributed by atoms with E-state index in [1.807, 2.05) is 54.6 Å². The van der Waals surface area contributed by atoms with Gasteiger partial charge in [-0.1, -0.05) is 54.6 Å². The van der Waals surface area contributed by atoms with E-state index in [0.29, 0.717) is 24.9 Å². The topological polar surface area (TPSA) is 71.1 Å². The number of carbonyl (C=O) groups is 2. The van der Waals surface area contributed by atoms with Crippen molar-refractivity contribution in [2.45, 2.75) is 18.9 Å². The van der Waals surface area contributed by atoms with Crippen LogP contribution in [0.3, 0.4) is 0 Å². The minimum absolute atomic E-state index is 0.205. The van der Waals surface area contributed by atoms with Gasteiger partial charge in [0.1, 0.15) is 6.04 Å². The van der Waals surface area contributed by atoms with Crippen LogP contribution in [0.4, 0.5) is 0 Å². The van der Waals surface area contributed by atoms with Gasteiger partial charge in [0.2, 0.25) is 5.91 Å². The molecule has 0 bridgehead atoms. The quantitative estimate of drug-likeness (QED) is 0.638. The van der Waals surface area contributed by atoms with Crippen molar-refractivity contribution in [2.75, 3.05) is 6.54 Å². The molecule has 1 atom stereocenters. The van der Waals surface area contributed by atoms with Crippen LogP contribution in [0.2, 0.25) is 0 Å². The summed E-state index contributed by atoms with van der Waals surface area (Å²) in [6.45, 7) is 0.461. The molecule has 3 aromatic rings. The zero-order chi connectivity index (χ0) is 19.6. The lowest BCUT2D eigenvalue weighted by Crippen LogP contribution is -2.48. The smallest absolute Gasteiger partial charge is 0.251 e. The Morgan fingerprint density at radius 2 is 1.54 bits per heavy atom. The van der Waals surface area contributed by atoms with Gasteiger partial charge in [0.05, 0.1) is 0 Å². The lowest BCUT2D eigenvalue weighted by molar-refractivity contribution is -0.122. The standard InChI is InChI=1S/C23H23N3O2/c27-22(19-11-5-2-6-12-19)26-21(17-18-9-3-1-4-10-18)23(28)25-16-14-20-13-7-8-15-24-20/h1-13,15,21H,14,16-17H2,(H,25,28)(H,26,27). The predicted octanol–water partition coefficient (Wildman–Crippen LogP) is 2.78. The van der Waals surface area contributed by atoms with Gasteiger partial charge in [-0.3, -0.25) is 14.6 Å². The third-order valence-electron chi connectivity index (χ3n) is 4.35. The number of benzene rings is 2. The Morgan fingerprint density at radius 3 is 2.21 bits per heavy atom. The van der Waals surface area contributed by atoms with Gasteiger partial charge in [-0.25, -0.2) is 0 Å². The summed E-state index contributed by atoms with van der Waals surface area (Å²) in [5.41, 5.74) is 2.43. The van der Waals surface area contributed by atoms with E-state index >= 15 is 0 Å². The van der Waals surface area contributed by atoms with E-state index in [4.69, 9.17) is 0 Å². The molecule has 0 aliphatic rings. The first-order chi connectivity index (χ1) is 13.7. The summed E-state index contributed by atoms with van der Waals surface area (Å²) in [7, 11) is 0. The Kier molecular flexibility index (Phi) is 6.90. The first kappa shape index (κ1) is 19.3. The maximum absolute atomic E-state index is 12.8. The molecular formula is C23H23N3O2. The summed E-state index contributed by atoms with van der Waals surface area (Å²) in [5, 5.41) is 5.78. The van der Waals surface area contributed by atoms with Crippen LogP contribution >= 0.6 is 0 Å². The number of nitrogens with one attached hydrogen (secondary N) is 2. The van der Waals surface area contributed by atoms with Gasteiger partial charge in [-0.05, 0) is 29.8 Å². The first-order valence-corrected chi connectivity index (χ1v) is 9.30. The molecule has 0 aliphatic heterocycles. The molecule has 142 valence electrons. The number of pyridine rings is 1. The van der Waals surface area contributed by atoms with Crippen molar-refractivity contribution in [3.8, 4) is 0 Å². The Labute approximate surface area is 164 Å². The normalized spacial score (nSPS) is 11.4. The Morgan fingerprint density at radius 1 is 0.857 bits per heavy atom. The summed E-state index contributed by atoms with van der Waals surface area (Å²) in [5.74, 6) is -0.467. The van der Waals surface area contributed by atoms with Crippen LogP contribution < -0.4 is 10.6 Å². The van der Waals surface area contributed by atoms with Crippen molar-refractivity contribution in [3.05, 3.63) is 102 Å². The second-order valence-electron chi connectivity index (χ2n) is 6.44. The van der Waals surface area contributed by atoms with Crippen LogP contribution in [0.15, 0.2) is 85.1 Å². The van der Waals surface area contributed by atoms with E-state index in [9.17, 15) is 9.59 Å². The molecule has 3 rings (SSSR count). The van der Waals surface area contributed by atoms with Gasteiger partial charge in [-0.15, -0.1) is 0 Å². The van der Waals surface area contributed by atoms with Crippen molar-refractivity contribution in [1.82, 2.24) is 15.6 Å². The summed E-state index contributed by atoms with van der Waals surface area (Å²) in [4.78, 5) is 29.6. The van der Waals surface area contributed by atoms with E-state index in [1.165, 1.54) is 0 Å². The molecule has 0 fully saturated rings. The highest BCUT2D eigenvalue weighted by molar-refractivity contribution is 5.97. The number of nitrogens with zero attached hydrogens (tertiary/aromatic N) is 1. The molecule has 2 aromatic carbocycles. The highest BCUT2D eigenvalue weighted by Crippen LogP contribution is 2.06. The van der Waals surface area contributed by atoms with Gasteiger partial charge in [-0.2, -0.15) is 0 Å². The number of carbonyl (C=O) groups excluding carboxylic acids is 2. The molecule has 2 N–H and O–H groups in total. The third-order valence-corrected chi connectivity index (χ3v) is 4.35. The fourth-order valence-corrected chi connectivity index (χ4v) is 2.87. The van der Waals surface area contributed by atoms with Crippen LogP contribution in [0, 0.1) is 0 Å². The van der Waals surface area contributed by atoms with Crippen LogP contribution in [-0.2, 0) is 17.6 Å². The Balaban J connectivity index is 1.64. The zero-order valence-corrected chi connectivity index (χ0v) is 15.5. The molecule has 5 nitrogen and oxygen atoms in total. The van der Waals surface area contributed by atoms with E-state index in [-0.39, 0.29) is 11.8 Å². The molecule has 5 heteroatoms. The molecule has 0 radical (unpaired) electrons. The third kappa shape index (κ3) is 5.77. The van der Waals surface area contributed by atoms with Gasteiger partial charge < -0.3 is 10.6 Å². The Bertz CT molecular complexity index is 883. The first-order valence-electron chi connectivity index (χ1n) is 9.30. The van der Waals surface area contributed by atoms with Crippen LogP contribution in [0.5, 0.6) is 0 Å². The number of rotatable bonds is 8. The van der Waals surface area contributed by atoms with E-state index in [0.717, 1.165) is 11.3 Å². The molecule has 0 saturated heterocycles. The van der Waals surface area contributed by atoms with Crippen molar-refractivity contribution >= 4 is 11.8 Å². The maximum atomic E-state index is 12.8. The molecule has 1 heterocycles. The summed E-state index contributed by atoms with van der Waals surface area (Å²) in [6.07, 6.45) is 2.79. The van der Waals surface area contributed by atoms with Crippen LogP contribution in [0.1, 0.15) is 21.6 Å². The van der Waals surface area contributed by atoms with Gasteiger partial charge in [0.25, 0.3) is 5.91 Å². The molecule has 0 saturated carbocycles. The maximum Gasteiger partial charge on any atom is 0.251 e. The van der Waals surface area contributed by atoms with E-state index in [2.05, 4.69) is 15.6 Å².